The highest BCUT2D eigenvalue weighted by Crippen LogP contribution is 2.33. The van der Waals surface area contributed by atoms with Crippen molar-refractivity contribution in [3.63, 3.8) is 0 Å². The van der Waals surface area contributed by atoms with Gasteiger partial charge < -0.3 is 9.84 Å². The predicted octanol–water partition coefficient (Wildman–Crippen LogP) is 3.22. The Balaban J connectivity index is 3.21. The zero-order valence-electron chi connectivity index (χ0n) is 13.2. The van der Waals surface area contributed by atoms with Crippen molar-refractivity contribution in [3.8, 4) is 0 Å². The van der Waals surface area contributed by atoms with Crippen LogP contribution in [0.15, 0.2) is 24.3 Å². The zero-order chi connectivity index (χ0) is 16.0. The van der Waals surface area contributed by atoms with E-state index in [-0.39, 0.29) is 25.4 Å². The molecule has 1 N–H and O–H groups in total. The Kier molecular flexibility index (Phi) is 5.94. The van der Waals surface area contributed by atoms with Crippen molar-refractivity contribution in [3.05, 3.63) is 35.4 Å². The molecule has 0 saturated carbocycles. The average Bonchev–Trinajstić information content (AvgIpc) is 2.37. The van der Waals surface area contributed by atoms with Gasteiger partial charge in [-0.3, -0.25) is 9.59 Å². The third kappa shape index (κ3) is 4.31. The normalized spacial score (nSPS) is 13.8. The maximum absolute atomic E-state index is 12.3. The molecule has 0 radical (unpaired) electrons. The fraction of sp³-hybridized carbons (Fsp3) is 0.529. The third-order valence-corrected chi connectivity index (χ3v) is 3.42. The van der Waals surface area contributed by atoms with E-state index in [4.69, 9.17) is 4.74 Å². The van der Waals surface area contributed by atoms with Crippen molar-refractivity contribution in [1.29, 1.82) is 0 Å². The van der Waals surface area contributed by atoms with Gasteiger partial charge in [0.15, 0.2) is 5.41 Å². The lowest BCUT2D eigenvalue weighted by atomic mass is 9.75. The summed E-state index contributed by atoms with van der Waals surface area (Å²) in [5, 5.41) is 9.70. The zero-order valence-corrected chi connectivity index (χ0v) is 13.2. The minimum Gasteiger partial charge on any atom is -0.480 e. The Labute approximate surface area is 126 Å². The Hall–Kier alpha value is -1.84. The molecule has 0 fully saturated rings. The molecule has 21 heavy (non-hydrogen) atoms. The van der Waals surface area contributed by atoms with Gasteiger partial charge in [0.25, 0.3) is 0 Å². The van der Waals surface area contributed by atoms with Crippen LogP contribution >= 0.6 is 0 Å². The number of esters is 1. The summed E-state index contributed by atoms with van der Waals surface area (Å²) in [7, 11) is 0. The van der Waals surface area contributed by atoms with Crippen LogP contribution in [0.1, 0.15) is 38.3 Å². The summed E-state index contributed by atoms with van der Waals surface area (Å²) in [4.78, 5) is 24.2. The summed E-state index contributed by atoms with van der Waals surface area (Å²) in [6.45, 7) is 7.63. The Morgan fingerprint density at radius 1 is 1.33 bits per heavy atom. The van der Waals surface area contributed by atoms with Crippen molar-refractivity contribution in [2.75, 3.05) is 6.61 Å². The second-order valence-corrected chi connectivity index (χ2v) is 5.87. The highest BCUT2D eigenvalue weighted by Gasteiger charge is 2.48. The Bertz CT molecular complexity index is 507. The summed E-state index contributed by atoms with van der Waals surface area (Å²) < 4.78 is 5.05. The molecule has 0 saturated heterocycles. The summed E-state index contributed by atoms with van der Waals surface area (Å²) >= 11 is 0. The largest absolute Gasteiger partial charge is 0.480 e. The van der Waals surface area contributed by atoms with Crippen LogP contribution in [0.5, 0.6) is 0 Å². The lowest BCUT2D eigenvalue weighted by Gasteiger charge is -2.29. The minimum atomic E-state index is -1.52. The molecule has 1 unspecified atom stereocenters. The smallest absolute Gasteiger partial charge is 0.323 e. The molecule has 0 aliphatic rings. The number of rotatable bonds is 7. The summed E-state index contributed by atoms with van der Waals surface area (Å²) in [6, 6.07) is 7.58. The SMILES string of the molecule is CCOC(=O)C(Cc1cccc(C)c1)(CC(C)C)C(=O)O. The molecule has 1 atom stereocenters. The second kappa shape index (κ2) is 7.25. The number of benzene rings is 1. The van der Waals surface area contributed by atoms with Gasteiger partial charge in [-0.15, -0.1) is 0 Å². The molecule has 0 heterocycles. The molecule has 0 aliphatic heterocycles. The fourth-order valence-electron chi connectivity index (χ4n) is 2.61. The molecule has 0 bridgehead atoms. The number of hydrogen-bond donors (Lipinski definition) is 1. The summed E-state index contributed by atoms with van der Waals surface area (Å²) in [6.07, 6.45) is 0.413. The molecule has 0 spiro atoms. The molecule has 4 heteroatoms. The van der Waals surface area contributed by atoms with E-state index in [2.05, 4.69) is 0 Å². The van der Waals surface area contributed by atoms with Crippen LogP contribution < -0.4 is 0 Å². The van der Waals surface area contributed by atoms with Crippen LogP contribution in [0, 0.1) is 18.3 Å². The van der Waals surface area contributed by atoms with Gasteiger partial charge in [-0.2, -0.15) is 0 Å². The lowest BCUT2D eigenvalue weighted by molar-refractivity contribution is -0.170. The van der Waals surface area contributed by atoms with E-state index in [1.165, 1.54) is 0 Å². The van der Waals surface area contributed by atoms with Crippen molar-refractivity contribution in [2.45, 2.75) is 40.5 Å². The van der Waals surface area contributed by atoms with E-state index in [9.17, 15) is 14.7 Å². The van der Waals surface area contributed by atoms with E-state index in [0.29, 0.717) is 0 Å². The average molecular weight is 292 g/mol. The van der Waals surface area contributed by atoms with E-state index < -0.39 is 17.4 Å². The maximum Gasteiger partial charge on any atom is 0.323 e. The first-order chi connectivity index (χ1) is 9.81. The van der Waals surface area contributed by atoms with E-state index in [0.717, 1.165) is 11.1 Å². The van der Waals surface area contributed by atoms with Gasteiger partial charge in [-0.25, -0.2) is 0 Å². The number of carbonyl (C=O) groups is 2. The molecule has 4 nitrogen and oxygen atoms in total. The van der Waals surface area contributed by atoms with Gasteiger partial charge in [-0.1, -0.05) is 43.7 Å². The third-order valence-electron chi connectivity index (χ3n) is 3.42. The minimum absolute atomic E-state index is 0.0790. The number of carboxylic acids is 1. The first-order valence-corrected chi connectivity index (χ1v) is 7.28. The van der Waals surface area contributed by atoms with Crippen molar-refractivity contribution in [2.24, 2.45) is 11.3 Å². The maximum atomic E-state index is 12.3. The van der Waals surface area contributed by atoms with E-state index >= 15 is 0 Å². The highest BCUT2D eigenvalue weighted by molar-refractivity contribution is 5.99. The van der Waals surface area contributed by atoms with E-state index in [1.54, 1.807) is 6.92 Å². The molecule has 0 aromatic heterocycles. The number of aliphatic carboxylic acids is 1. The van der Waals surface area contributed by atoms with Gasteiger partial charge in [-0.05, 0) is 38.2 Å². The van der Waals surface area contributed by atoms with Crippen molar-refractivity contribution in [1.82, 2.24) is 0 Å². The van der Waals surface area contributed by atoms with Crippen LogP contribution in [0.4, 0.5) is 0 Å². The van der Waals surface area contributed by atoms with Gasteiger partial charge in [0.05, 0.1) is 6.61 Å². The Morgan fingerprint density at radius 2 is 2.00 bits per heavy atom. The molecule has 1 aromatic carbocycles. The lowest BCUT2D eigenvalue weighted by Crippen LogP contribution is -2.43. The quantitative estimate of drug-likeness (QED) is 0.619. The fourth-order valence-corrected chi connectivity index (χ4v) is 2.61. The number of carbonyl (C=O) groups excluding carboxylic acids is 1. The molecule has 0 aliphatic carbocycles. The van der Waals surface area contributed by atoms with Crippen molar-refractivity contribution >= 4 is 11.9 Å². The topological polar surface area (TPSA) is 63.6 Å². The number of ether oxygens (including phenoxy) is 1. The molecular weight excluding hydrogens is 268 g/mol. The van der Waals surface area contributed by atoms with Crippen LogP contribution in [0.2, 0.25) is 0 Å². The molecular formula is C17H24O4. The van der Waals surface area contributed by atoms with Crippen LogP contribution in [0.3, 0.4) is 0 Å². The monoisotopic (exact) mass is 292 g/mol. The summed E-state index contributed by atoms with van der Waals surface area (Å²) in [5.74, 6) is -1.68. The second-order valence-electron chi connectivity index (χ2n) is 5.87. The number of aryl methyl sites for hydroxylation is 1. The van der Waals surface area contributed by atoms with Crippen molar-refractivity contribution < 1.29 is 19.4 Å². The number of hydrogen-bond acceptors (Lipinski definition) is 3. The van der Waals surface area contributed by atoms with Gasteiger partial charge in [0.2, 0.25) is 0 Å². The molecule has 1 rings (SSSR count). The highest BCUT2D eigenvalue weighted by atomic mass is 16.5. The van der Waals surface area contributed by atoms with Gasteiger partial charge in [0.1, 0.15) is 0 Å². The predicted molar refractivity (Wildman–Crippen MR) is 81.0 cm³/mol. The summed E-state index contributed by atoms with van der Waals surface area (Å²) in [5.41, 5.74) is 0.365. The first kappa shape index (κ1) is 17.2. The van der Waals surface area contributed by atoms with E-state index in [1.807, 2.05) is 45.0 Å². The molecule has 1 aromatic rings. The van der Waals surface area contributed by atoms with Crippen LogP contribution in [-0.2, 0) is 20.7 Å². The molecule has 0 amide bonds. The van der Waals surface area contributed by atoms with Gasteiger partial charge in [0, 0.05) is 0 Å². The standard InChI is InChI=1S/C17H24O4/c1-5-21-16(20)17(15(18)19,10-12(2)3)11-14-8-6-7-13(4)9-14/h6-9,12H,5,10-11H2,1-4H3,(H,18,19). The Morgan fingerprint density at radius 3 is 2.48 bits per heavy atom. The van der Waals surface area contributed by atoms with Crippen LogP contribution in [0.25, 0.3) is 0 Å². The van der Waals surface area contributed by atoms with Crippen LogP contribution in [-0.4, -0.2) is 23.7 Å². The first-order valence-electron chi connectivity index (χ1n) is 7.28. The number of carboxylic acid groups (broad SMARTS) is 1. The van der Waals surface area contributed by atoms with Gasteiger partial charge >= 0.3 is 11.9 Å². The molecule has 116 valence electrons.